The van der Waals surface area contributed by atoms with Crippen LogP contribution >= 0.6 is 11.3 Å². The average molecular weight is 235 g/mol. The van der Waals surface area contributed by atoms with E-state index in [-0.39, 0.29) is 17.8 Å². The van der Waals surface area contributed by atoms with Crippen molar-refractivity contribution < 1.29 is 9.53 Å². The van der Waals surface area contributed by atoms with Crippen LogP contribution in [0.4, 0.5) is 0 Å². The summed E-state index contributed by atoms with van der Waals surface area (Å²) >= 11 is 1.46. The van der Waals surface area contributed by atoms with Crippen LogP contribution in [0.5, 0.6) is 0 Å². The van der Waals surface area contributed by atoms with Crippen molar-refractivity contribution >= 4 is 17.1 Å². The van der Waals surface area contributed by atoms with Gasteiger partial charge >= 0.3 is 0 Å². The number of carbonyl (C=O) groups is 1. The zero-order valence-electron chi connectivity index (χ0n) is 9.05. The Labute approximate surface area is 98.7 Å². The van der Waals surface area contributed by atoms with Crippen LogP contribution in [0.25, 0.3) is 0 Å². The highest BCUT2D eigenvalue weighted by Gasteiger charge is 2.34. The minimum atomic E-state index is -0.612. The van der Waals surface area contributed by atoms with Crippen molar-refractivity contribution in [3.63, 3.8) is 0 Å². The van der Waals surface area contributed by atoms with E-state index < -0.39 is 5.92 Å². The molecule has 0 radical (unpaired) electrons. The second-order valence-corrected chi connectivity index (χ2v) is 5.04. The fraction of sp³-hybridized carbons (Fsp3) is 0.500. The fourth-order valence-corrected chi connectivity index (χ4v) is 2.75. The monoisotopic (exact) mass is 235 g/mol. The van der Waals surface area contributed by atoms with Crippen molar-refractivity contribution in [1.29, 1.82) is 5.26 Å². The molecule has 3 nitrogen and oxygen atoms in total. The maximum atomic E-state index is 12.1. The number of rotatable bonds is 3. The number of Topliss-reactive ketones (excluding diaryl/α,β-unsaturated/α-hetero) is 1. The highest BCUT2D eigenvalue weighted by Crippen LogP contribution is 2.29. The molecule has 0 spiro atoms. The summed E-state index contributed by atoms with van der Waals surface area (Å²) in [6.45, 7) is 2.42. The molecule has 1 saturated heterocycles. The number of ketones is 1. The molecule has 0 saturated carbocycles. The molecule has 1 aromatic heterocycles. The van der Waals surface area contributed by atoms with E-state index in [9.17, 15) is 4.79 Å². The number of nitrogens with zero attached hydrogens (tertiary/aromatic N) is 1. The first-order valence-corrected chi connectivity index (χ1v) is 6.18. The van der Waals surface area contributed by atoms with E-state index >= 15 is 0 Å². The van der Waals surface area contributed by atoms with Crippen molar-refractivity contribution in [2.45, 2.75) is 25.4 Å². The number of hydrogen-bond acceptors (Lipinski definition) is 4. The van der Waals surface area contributed by atoms with Gasteiger partial charge in [0.1, 0.15) is 5.92 Å². The van der Waals surface area contributed by atoms with E-state index in [2.05, 4.69) is 6.07 Å². The Morgan fingerprint density at radius 3 is 3.06 bits per heavy atom. The minimum Gasteiger partial charge on any atom is -0.378 e. The lowest BCUT2D eigenvalue weighted by Crippen LogP contribution is -2.21. The molecular weight excluding hydrogens is 222 g/mol. The van der Waals surface area contributed by atoms with Crippen LogP contribution in [-0.2, 0) is 9.53 Å². The maximum absolute atomic E-state index is 12.1. The van der Waals surface area contributed by atoms with Gasteiger partial charge in [-0.3, -0.25) is 4.79 Å². The van der Waals surface area contributed by atoms with Gasteiger partial charge in [-0.1, -0.05) is 6.07 Å². The first kappa shape index (κ1) is 11.3. The Hall–Kier alpha value is -1.18. The summed E-state index contributed by atoms with van der Waals surface area (Å²) in [6, 6.07) is 5.81. The number of hydrogen-bond donors (Lipinski definition) is 0. The third-order valence-electron chi connectivity index (χ3n) is 2.84. The van der Waals surface area contributed by atoms with Gasteiger partial charge in [-0.2, -0.15) is 5.26 Å². The summed E-state index contributed by atoms with van der Waals surface area (Å²) < 4.78 is 5.37. The van der Waals surface area contributed by atoms with Gasteiger partial charge in [0.15, 0.2) is 5.78 Å². The smallest absolute Gasteiger partial charge is 0.160 e. The second kappa shape index (κ2) is 4.77. The van der Waals surface area contributed by atoms with E-state index in [1.807, 2.05) is 24.4 Å². The van der Waals surface area contributed by atoms with Crippen LogP contribution in [0.15, 0.2) is 17.5 Å². The third-order valence-corrected chi connectivity index (χ3v) is 3.78. The molecule has 1 aliphatic heterocycles. The van der Waals surface area contributed by atoms with Crippen molar-refractivity contribution in [2.75, 3.05) is 6.61 Å². The van der Waals surface area contributed by atoms with E-state index in [1.54, 1.807) is 0 Å². The molecule has 2 rings (SSSR count). The van der Waals surface area contributed by atoms with Crippen LogP contribution in [-0.4, -0.2) is 18.5 Å². The molecule has 1 aliphatic rings. The van der Waals surface area contributed by atoms with Gasteiger partial charge in [-0.05, 0) is 24.8 Å². The Bertz CT molecular complexity index is 407. The van der Waals surface area contributed by atoms with E-state index in [0.29, 0.717) is 6.61 Å². The number of thiophene rings is 1. The predicted octanol–water partition coefficient (Wildman–Crippen LogP) is 2.35. The van der Waals surface area contributed by atoms with Crippen LogP contribution in [0.1, 0.15) is 24.1 Å². The lowest BCUT2D eigenvalue weighted by molar-refractivity contribution is -0.123. The van der Waals surface area contributed by atoms with Crippen molar-refractivity contribution in [3.05, 3.63) is 22.4 Å². The van der Waals surface area contributed by atoms with Crippen LogP contribution in [0, 0.1) is 17.2 Å². The molecule has 2 heterocycles. The first-order valence-electron chi connectivity index (χ1n) is 5.30. The quantitative estimate of drug-likeness (QED) is 0.808. The van der Waals surface area contributed by atoms with E-state index in [0.717, 1.165) is 11.3 Å². The van der Waals surface area contributed by atoms with Gasteiger partial charge in [0.2, 0.25) is 0 Å². The first-order chi connectivity index (χ1) is 7.72. The molecule has 3 unspecified atom stereocenters. The summed E-state index contributed by atoms with van der Waals surface area (Å²) in [5.41, 5.74) is 0. The molecule has 3 atom stereocenters. The highest BCUT2D eigenvalue weighted by molar-refractivity contribution is 7.10. The molecule has 16 heavy (non-hydrogen) atoms. The number of nitriles is 1. The van der Waals surface area contributed by atoms with Crippen LogP contribution in [0.2, 0.25) is 0 Å². The van der Waals surface area contributed by atoms with Gasteiger partial charge < -0.3 is 4.74 Å². The minimum absolute atomic E-state index is 0.00861. The summed E-state index contributed by atoms with van der Waals surface area (Å²) in [6.07, 6.45) is 0.874. The summed E-state index contributed by atoms with van der Waals surface area (Å²) in [5, 5.41) is 11.0. The van der Waals surface area contributed by atoms with Gasteiger partial charge in [0.25, 0.3) is 0 Å². The maximum Gasteiger partial charge on any atom is 0.160 e. The van der Waals surface area contributed by atoms with Gasteiger partial charge in [0, 0.05) is 10.8 Å². The molecule has 0 N–H and O–H groups in total. The Kier molecular flexibility index (Phi) is 3.37. The highest BCUT2D eigenvalue weighted by atomic mass is 32.1. The molecular formula is C12H13NO2S. The SMILES string of the molecule is CC1CC(C(=O)C(C#N)c2cccs2)CO1. The van der Waals surface area contributed by atoms with Crippen molar-refractivity contribution in [3.8, 4) is 6.07 Å². The summed E-state index contributed by atoms with van der Waals surface area (Å²) in [7, 11) is 0. The molecule has 0 aromatic carbocycles. The summed E-state index contributed by atoms with van der Waals surface area (Å²) in [4.78, 5) is 13.0. The molecule has 0 bridgehead atoms. The number of ether oxygens (including phenoxy) is 1. The Morgan fingerprint density at radius 1 is 1.75 bits per heavy atom. The topological polar surface area (TPSA) is 50.1 Å². The fourth-order valence-electron chi connectivity index (χ4n) is 1.97. The molecule has 4 heteroatoms. The van der Waals surface area contributed by atoms with Crippen LogP contribution < -0.4 is 0 Å². The van der Waals surface area contributed by atoms with Gasteiger partial charge in [-0.25, -0.2) is 0 Å². The third kappa shape index (κ3) is 2.16. The lowest BCUT2D eigenvalue weighted by Gasteiger charge is -2.10. The zero-order chi connectivity index (χ0) is 11.5. The molecule has 84 valence electrons. The number of carbonyl (C=O) groups excluding carboxylic acids is 1. The standard InChI is InChI=1S/C12H13NO2S/c1-8-5-9(7-15-8)12(14)10(6-13)11-3-2-4-16-11/h2-4,8-10H,5,7H2,1H3. The van der Waals surface area contributed by atoms with E-state index in [1.165, 1.54) is 11.3 Å². The predicted molar refractivity (Wildman–Crippen MR) is 61.2 cm³/mol. The molecule has 1 aromatic rings. The second-order valence-electron chi connectivity index (χ2n) is 4.06. The summed E-state index contributed by atoms with van der Waals surface area (Å²) in [5.74, 6) is -0.713. The average Bonchev–Trinajstić information content (AvgIpc) is 2.90. The largest absolute Gasteiger partial charge is 0.378 e. The Morgan fingerprint density at radius 2 is 2.56 bits per heavy atom. The normalized spacial score (nSPS) is 26.2. The van der Waals surface area contributed by atoms with Crippen molar-refractivity contribution in [2.24, 2.45) is 5.92 Å². The molecule has 0 aliphatic carbocycles. The molecule has 1 fully saturated rings. The van der Waals surface area contributed by atoms with Gasteiger partial charge in [-0.15, -0.1) is 11.3 Å². The molecule has 0 amide bonds. The van der Waals surface area contributed by atoms with Crippen LogP contribution in [0.3, 0.4) is 0 Å². The zero-order valence-corrected chi connectivity index (χ0v) is 9.87. The van der Waals surface area contributed by atoms with E-state index in [4.69, 9.17) is 10.00 Å². The van der Waals surface area contributed by atoms with Crippen molar-refractivity contribution in [1.82, 2.24) is 0 Å². The Balaban J connectivity index is 2.11. The lowest BCUT2D eigenvalue weighted by atomic mass is 9.91. The van der Waals surface area contributed by atoms with Gasteiger partial charge in [0.05, 0.1) is 18.8 Å².